The summed E-state index contributed by atoms with van der Waals surface area (Å²) in [5, 5.41) is 3.47. The number of rotatable bonds is 8. The van der Waals surface area contributed by atoms with E-state index in [1.165, 1.54) is 4.90 Å². The molecule has 1 aliphatic heterocycles. The number of carbonyl (C=O) groups excluding carboxylic acids is 2. The Morgan fingerprint density at radius 1 is 1.17 bits per heavy atom. The highest BCUT2D eigenvalue weighted by molar-refractivity contribution is 6.30. The molecule has 0 atom stereocenters. The fourth-order valence-electron chi connectivity index (χ4n) is 3.26. The number of hydrogen-bond donors (Lipinski definition) is 1. The molecular formula is C23H26ClN3O3. The minimum absolute atomic E-state index is 0.0790. The third kappa shape index (κ3) is 5.40. The van der Waals surface area contributed by atoms with E-state index in [-0.39, 0.29) is 24.1 Å². The summed E-state index contributed by atoms with van der Waals surface area (Å²) in [6, 6.07) is 14.3. The molecule has 30 heavy (non-hydrogen) atoms. The van der Waals surface area contributed by atoms with Crippen LogP contribution in [-0.2, 0) is 9.59 Å². The predicted octanol–water partition coefficient (Wildman–Crippen LogP) is 3.56. The quantitative estimate of drug-likeness (QED) is 0.654. The topological polar surface area (TPSA) is 61.9 Å². The molecule has 0 saturated heterocycles. The van der Waals surface area contributed by atoms with E-state index in [0.29, 0.717) is 23.0 Å². The SMILES string of the molecule is CCN(CC)CCNC(=O)CN1C(=O)C(=Cc2cccc(Cl)c2)Oc2ccccc21. The first-order valence-electron chi connectivity index (χ1n) is 10.1. The highest BCUT2D eigenvalue weighted by Crippen LogP contribution is 2.35. The van der Waals surface area contributed by atoms with Crippen molar-refractivity contribution in [3.05, 3.63) is 64.9 Å². The first-order valence-corrected chi connectivity index (χ1v) is 10.4. The maximum absolute atomic E-state index is 13.1. The number of nitrogens with one attached hydrogen (secondary N) is 1. The zero-order valence-corrected chi connectivity index (χ0v) is 18.0. The predicted molar refractivity (Wildman–Crippen MR) is 120 cm³/mol. The van der Waals surface area contributed by atoms with E-state index in [1.807, 2.05) is 18.2 Å². The van der Waals surface area contributed by atoms with Gasteiger partial charge in [-0.1, -0.05) is 49.7 Å². The van der Waals surface area contributed by atoms with Gasteiger partial charge in [-0.2, -0.15) is 0 Å². The molecule has 0 unspecified atom stereocenters. The van der Waals surface area contributed by atoms with Gasteiger partial charge in [0.15, 0.2) is 11.5 Å². The number of nitrogens with zero attached hydrogens (tertiary/aromatic N) is 2. The molecule has 0 aliphatic carbocycles. The van der Waals surface area contributed by atoms with E-state index in [0.717, 1.165) is 25.2 Å². The minimum atomic E-state index is -0.368. The summed E-state index contributed by atoms with van der Waals surface area (Å²) in [4.78, 5) is 29.3. The van der Waals surface area contributed by atoms with E-state index in [9.17, 15) is 9.59 Å². The average molecular weight is 428 g/mol. The number of halogens is 1. The number of fused-ring (bicyclic) bond motifs is 1. The Hall–Kier alpha value is -2.83. The molecule has 0 saturated carbocycles. The summed E-state index contributed by atoms with van der Waals surface area (Å²) in [6.45, 7) is 7.26. The molecule has 0 bridgehead atoms. The van der Waals surface area contributed by atoms with Crippen molar-refractivity contribution >= 4 is 35.2 Å². The van der Waals surface area contributed by atoms with Gasteiger partial charge in [-0.15, -0.1) is 0 Å². The molecule has 158 valence electrons. The Labute approximate surface area is 182 Å². The molecule has 0 spiro atoms. The Bertz CT molecular complexity index is 941. The first-order chi connectivity index (χ1) is 14.5. The second-order valence-electron chi connectivity index (χ2n) is 6.90. The summed E-state index contributed by atoms with van der Waals surface area (Å²) in [7, 11) is 0. The van der Waals surface area contributed by atoms with Crippen molar-refractivity contribution in [2.75, 3.05) is 37.6 Å². The van der Waals surface area contributed by atoms with E-state index in [1.54, 1.807) is 36.4 Å². The number of likely N-dealkylation sites (N-methyl/N-ethyl adjacent to an activating group) is 1. The first kappa shape index (κ1) is 21.9. The Morgan fingerprint density at radius 3 is 2.67 bits per heavy atom. The molecule has 0 aromatic heterocycles. The Balaban J connectivity index is 1.77. The maximum Gasteiger partial charge on any atom is 0.294 e. The molecular weight excluding hydrogens is 402 g/mol. The second kappa shape index (κ2) is 10.3. The van der Waals surface area contributed by atoms with Gasteiger partial charge in [-0.05, 0) is 49.0 Å². The van der Waals surface area contributed by atoms with E-state index < -0.39 is 0 Å². The normalized spacial score (nSPS) is 14.6. The van der Waals surface area contributed by atoms with Crippen molar-refractivity contribution in [1.82, 2.24) is 10.2 Å². The van der Waals surface area contributed by atoms with Crippen LogP contribution in [0.4, 0.5) is 5.69 Å². The number of amides is 2. The van der Waals surface area contributed by atoms with Crippen molar-refractivity contribution in [1.29, 1.82) is 0 Å². The lowest BCUT2D eigenvalue weighted by Gasteiger charge is -2.30. The Kier molecular flexibility index (Phi) is 7.49. The third-order valence-corrected chi connectivity index (χ3v) is 5.16. The highest BCUT2D eigenvalue weighted by Gasteiger charge is 2.31. The summed E-state index contributed by atoms with van der Waals surface area (Å²) in [5.74, 6) is 0.0927. The van der Waals surface area contributed by atoms with E-state index in [2.05, 4.69) is 24.1 Å². The molecule has 7 heteroatoms. The lowest BCUT2D eigenvalue weighted by Crippen LogP contribution is -2.45. The fraction of sp³-hybridized carbons (Fsp3) is 0.304. The van der Waals surface area contributed by atoms with Gasteiger partial charge in [0.05, 0.1) is 5.69 Å². The number of anilines is 1. The smallest absolute Gasteiger partial charge is 0.294 e. The van der Waals surface area contributed by atoms with Crippen molar-refractivity contribution in [2.45, 2.75) is 13.8 Å². The van der Waals surface area contributed by atoms with E-state index >= 15 is 0 Å². The van der Waals surface area contributed by atoms with Crippen LogP contribution in [-0.4, -0.2) is 49.4 Å². The molecule has 3 rings (SSSR count). The summed E-state index contributed by atoms with van der Waals surface area (Å²) < 4.78 is 5.83. The molecule has 1 heterocycles. The molecule has 2 aromatic rings. The lowest BCUT2D eigenvalue weighted by atomic mass is 10.1. The van der Waals surface area contributed by atoms with Crippen LogP contribution in [0.25, 0.3) is 6.08 Å². The standard InChI is InChI=1S/C23H26ClN3O3/c1-3-26(4-2)13-12-25-22(28)16-27-19-10-5-6-11-20(19)30-21(23(27)29)15-17-8-7-9-18(24)14-17/h5-11,14-15H,3-4,12-13,16H2,1-2H3,(H,25,28). The maximum atomic E-state index is 13.1. The van der Waals surface area contributed by atoms with Crippen LogP contribution in [0.2, 0.25) is 5.02 Å². The van der Waals surface area contributed by atoms with Crippen LogP contribution in [0.1, 0.15) is 19.4 Å². The fourth-order valence-corrected chi connectivity index (χ4v) is 3.46. The zero-order valence-electron chi connectivity index (χ0n) is 17.2. The van der Waals surface area contributed by atoms with Gasteiger partial charge < -0.3 is 15.0 Å². The van der Waals surface area contributed by atoms with Gasteiger partial charge in [0.1, 0.15) is 6.54 Å². The number of hydrogen-bond acceptors (Lipinski definition) is 4. The number of carbonyl (C=O) groups is 2. The number of para-hydroxylation sites is 2. The van der Waals surface area contributed by atoms with Gasteiger partial charge in [-0.3, -0.25) is 14.5 Å². The molecule has 6 nitrogen and oxygen atoms in total. The lowest BCUT2D eigenvalue weighted by molar-refractivity contribution is -0.123. The second-order valence-corrected chi connectivity index (χ2v) is 7.34. The van der Waals surface area contributed by atoms with Gasteiger partial charge in [0, 0.05) is 18.1 Å². The number of benzene rings is 2. The van der Waals surface area contributed by atoms with Crippen molar-refractivity contribution in [2.24, 2.45) is 0 Å². The molecule has 1 N–H and O–H groups in total. The molecule has 0 radical (unpaired) electrons. The summed E-state index contributed by atoms with van der Waals surface area (Å²) in [5.41, 5.74) is 1.32. The third-order valence-electron chi connectivity index (χ3n) is 4.92. The van der Waals surface area contributed by atoms with E-state index in [4.69, 9.17) is 16.3 Å². The van der Waals surface area contributed by atoms with Crippen LogP contribution >= 0.6 is 11.6 Å². The van der Waals surface area contributed by atoms with Crippen molar-refractivity contribution in [3.8, 4) is 5.75 Å². The molecule has 2 amide bonds. The van der Waals surface area contributed by atoms with Gasteiger partial charge in [0.2, 0.25) is 5.91 Å². The molecule has 2 aromatic carbocycles. The zero-order chi connectivity index (χ0) is 21.5. The largest absolute Gasteiger partial charge is 0.449 e. The van der Waals surface area contributed by atoms with Gasteiger partial charge in [-0.25, -0.2) is 0 Å². The van der Waals surface area contributed by atoms with Crippen molar-refractivity contribution in [3.63, 3.8) is 0 Å². The van der Waals surface area contributed by atoms with Gasteiger partial charge in [0.25, 0.3) is 5.91 Å². The van der Waals surface area contributed by atoms with Crippen molar-refractivity contribution < 1.29 is 14.3 Å². The van der Waals surface area contributed by atoms with Crippen LogP contribution in [0.3, 0.4) is 0 Å². The monoisotopic (exact) mass is 427 g/mol. The Morgan fingerprint density at radius 2 is 1.93 bits per heavy atom. The molecule has 1 aliphatic rings. The summed E-state index contributed by atoms with van der Waals surface area (Å²) >= 11 is 6.05. The van der Waals surface area contributed by atoms with Crippen LogP contribution in [0, 0.1) is 0 Å². The highest BCUT2D eigenvalue weighted by atomic mass is 35.5. The molecule has 0 fully saturated rings. The minimum Gasteiger partial charge on any atom is -0.449 e. The van der Waals surface area contributed by atoms with Crippen LogP contribution < -0.4 is 15.0 Å². The van der Waals surface area contributed by atoms with Crippen LogP contribution in [0.5, 0.6) is 5.75 Å². The van der Waals surface area contributed by atoms with Crippen LogP contribution in [0.15, 0.2) is 54.3 Å². The number of ether oxygens (including phenoxy) is 1. The van der Waals surface area contributed by atoms with Gasteiger partial charge >= 0.3 is 0 Å². The summed E-state index contributed by atoms with van der Waals surface area (Å²) in [6.07, 6.45) is 1.63. The average Bonchev–Trinajstić information content (AvgIpc) is 2.74.